The molecule has 0 radical (unpaired) electrons. The molecule has 1 N–H and O–H groups in total. The van der Waals surface area contributed by atoms with Crippen LogP contribution < -0.4 is 4.74 Å². The van der Waals surface area contributed by atoms with Crippen LogP contribution in [-0.2, 0) is 4.74 Å². The van der Waals surface area contributed by atoms with Crippen molar-refractivity contribution in [1.82, 2.24) is 4.90 Å². The maximum absolute atomic E-state index is 13.1. The molecule has 1 amide bonds. The summed E-state index contributed by atoms with van der Waals surface area (Å²) in [4.78, 5) is 14.9. The Bertz CT molecular complexity index is 818. The zero-order valence-corrected chi connectivity index (χ0v) is 15.7. The highest BCUT2D eigenvalue weighted by Gasteiger charge is 2.33. The number of carbonyl (C=O) groups excluding carboxylic acids is 1. The lowest BCUT2D eigenvalue weighted by Crippen LogP contribution is -2.48. The Kier molecular flexibility index (Phi) is 5.18. The molecule has 2 aromatic rings. The lowest BCUT2D eigenvalue weighted by atomic mass is 9.98. The number of methoxy groups -OCH3 is 1. The van der Waals surface area contributed by atoms with Crippen LogP contribution in [0.25, 0.3) is 0 Å². The second-order valence-electron chi connectivity index (χ2n) is 6.84. The molecular weight excluding hydrogens is 330 g/mol. The molecule has 0 saturated carbocycles. The third-order valence-corrected chi connectivity index (χ3v) is 4.92. The number of phenolic OH excluding ortho intramolecular Hbond substituents is 1. The second kappa shape index (κ2) is 7.38. The van der Waals surface area contributed by atoms with Crippen LogP contribution in [0.3, 0.4) is 0 Å². The second-order valence-corrected chi connectivity index (χ2v) is 6.84. The summed E-state index contributed by atoms with van der Waals surface area (Å²) in [5.41, 5.74) is 3.66. The van der Waals surface area contributed by atoms with Crippen molar-refractivity contribution in [2.45, 2.75) is 32.9 Å². The fourth-order valence-electron chi connectivity index (χ4n) is 3.35. The molecule has 0 aliphatic carbocycles. The Labute approximate surface area is 154 Å². The normalized spacial score (nSPS) is 20.1. The molecule has 5 heteroatoms. The number of ether oxygens (including phenoxy) is 2. The van der Waals surface area contributed by atoms with Crippen molar-refractivity contribution in [3.8, 4) is 11.5 Å². The number of rotatable bonds is 3. The van der Waals surface area contributed by atoms with E-state index >= 15 is 0 Å². The fourth-order valence-corrected chi connectivity index (χ4v) is 3.35. The molecule has 1 saturated heterocycles. The summed E-state index contributed by atoms with van der Waals surface area (Å²) in [6.45, 7) is 6.95. The van der Waals surface area contributed by atoms with Gasteiger partial charge in [0.05, 0.1) is 31.9 Å². The van der Waals surface area contributed by atoms with Crippen LogP contribution in [-0.4, -0.2) is 42.2 Å². The highest BCUT2D eigenvalue weighted by molar-refractivity contribution is 5.98. The van der Waals surface area contributed by atoms with Crippen LogP contribution in [0.1, 0.15) is 40.1 Å². The van der Waals surface area contributed by atoms with E-state index < -0.39 is 0 Å². The summed E-state index contributed by atoms with van der Waals surface area (Å²) >= 11 is 0. The zero-order chi connectivity index (χ0) is 18.8. The predicted octanol–water partition coefficient (Wildman–Crippen LogP) is 3.62. The monoisotopic (exact) mass is 355 g/mol. The number of aromatic hydroxyl groups is 1. The molecule has 2 atom stereocenters. The van der Waals surface area contributed by atoms with Crippen LogP contribution in [0.15, 0.2) is 36.4 Å². The van der Waals surface area contributed by atoms with E-state index in [1.54, 1.807) is 23.1 Å². The molecular formula is C21H25NO4. The number of para-hydroxylation sites is 1. The van der Waals surface area contributed by atoms with E-state index in [2.05, 4.69) is 25.1 Å². The fraction of sp³-hybridized carbons (Fsp3) is 0.381. The number of amides is 1. The molecule has 2 aromatic carbocycles. The first-order chi connectivity index (χ1) is 12.4. The van der Waals surface area contributed by atoms with Gasteiger partial charge in [0.15, 0.2) is 11.5 Å². The van der Waals surface area contributed by atoms with E-state index in [9.17, 15) is 9.90 Å². The van der Waals surface area contributed by atoms with E-state index in [0.29, 0.717) is 18.9 Å². The summed E-state index contributed by atoms with van der Waals surface area (Å²) in [6.07, 6.45) is -0.178. The molecule has 1 fully saturated rings. The first-order valence-corrected chi connectivity index (χ1v) is 8.78. The minimum Gasteiger partial charge on any atom is -0.504 e. The number of nitrogens with zero attached hydrogens (tertiary/aromatic N) is 1. The van der Waals surface area contributed by atoms with E-state index in [-0.39, 0.29) is 29.4 Å². The van der Waals surface area contributed by atoms with Gasteiger partial charge in [0.1, 0.15) is 6.10 Å². The molecule has 1 aliphatic heterocycles. The minimum atomic E-state index is -0.215. The Morgan fingerprint density at radius 2 is 2.04 bits per heavy atom. The highest BCUT2D eigenvalue weighted by atomic mass is 16.5. The SMILES string of the molecule is COc1cccc(C(=O)N2CC(c3cc(C)ccc3C)OCC2C)c1O. The molecule has 5 nitrogen and oxygen atoms in total. The number of aryl methyl sites for hydroxylation is 2. The number of carbonyl (C=O) groups is 1. The molecule has 26 heavy (non-hydrogen) atoms. The smallest absolute Gasteiger partial charge is 0.258 e. The molecule has 0 bridgehead atoms. The number of hydrogen-bond donors (Lipinski definition) is 1. The standard InChI is InChI=1S/C21H25NO4/c1-13-8-9-14(2)17(10-13)19-11-22(15(3)12-26-19)21(24)16-6-5-7-18(25-4)20(16)23/h5-10,15,19,23H,11-12H2,1-4H3. The average molecular weight is 355 g/mol. The van der Waals surface area contributed by atoms with Crippen molar-refractivity contribution in [1.29, 1.82) is 0 Å². The molecule has 3 rings (SSSR count). The van der Waals surface area contributed by atoms with Gasteiger partial charge in [0.25, 0.3) is 5.91 Å². The predicted molar refractivity (Wildman–Crippen MR) is 99.8 cm³/mol. The van der Waals surface area contributed by atoms with Gasteiger partial charge in [-0.1, -0.05) is 29.8 Å². The van der Waals surface area contributed by atoms with E-state index in [1.165, 1.54) is 7.11 Å². The van der Waals surface area contributed by atoms with Crippen LogP contribution in [0, 0.1) is 13.8 Å². The summed E-state index contributed by atoms with van der Waals surface area (Å²) in [5, 5.41) is 10.3. The third kappa shape index (κ3) is 3.40. The lowest BCUT2D eigenvalue weighted by molar-refractivity contribution is -0.0490. The van der Waals surface area contributed by atoms with Crippen LogP contribution >= 0.6 is 0 Å². The number of benzene rings is 2. The van der Waals surface area contributed by atoms with Crippen molar-refractivity contribution < 1.29 is 19.4 Å². The maximum atomic E-state index is 13.1. The van der Waals surface area contributed by atoms with E-state index in [1.807, 2.05) is 13.8 Å². The Balaban J connectivity index is 1.89. The van der Waals surface area contributed by atoms with Crippen LogP contribution in [0.2, 0.25) is 0 Å². The van der Waals surface area contributed by atoms with Gasteiger partial charge in [0, 0.05) is 0 Å². The van der Waals surface area contributed by atoms with Gasteiger partial charge in [-0.2, -0.15) is 0 Å². The average Bonchev–Trinajstić information content (AvgIpc) is 2.64. The number of phenols is 1. The van der Waals surface area contributed by atoms with Gasteiger partial charge in [-0.05, 0) is 44.0 Å². The van der Waals surface area contributed by atoms with E-state index in [4.69, 9.17) is 9.47 Å². The highest BCUT2D eigenvalue weighted by Crippen LogP contribution is 2.33. The molecule has 2 unspecified atom stereocenters. The van der Waals surface area contributed by atoms with Gasteiger partial charge >= 0.3 is 0 Å². The zero-order valence-electron chi connectivity index (χ0n) is 15.7. The van der Waals surface area contributed by atoms with Gasteiger partial charge < -0.3 is 19.5 Å². The summed E-state index contributed by atoms with van der Waals surface area (Å²) in [6, 6.07) is 11.1. The largest absolute Gasteiger partial charge is 0.504 e. The number of hydrogen-bond acceptors (Lipinski definition) is 4. The topological polar surface area (TPSA) is 59.0 Å². The first kappa shape index (κ1) is 18.3. The van der Waals surface area contributed by atoms with Crippen molar-refractivity contribution in [3.05, 3.63) is 58.7 Å². The summed E-state index contributed by atoms with van der Waals surface area (Å²) < 4.78 is 11.1. The van der Waals surface area contributed by atoms with E-state index in [0.717, 1.165) is 16.7 Å². The van der Waals surface area contributed by atoms with Crippen LogP contribution in [0.5, 0.6) is 11.5 Å². The van der Waals surface area contributed by atoms with Gasteiger partial charge in [-0.25, -0.2) is 0 Å². The maximum Gasteiger partial charge on any atom is 0.258 e. The summed E-state index contributed by atoms with van der Waals surface area (Å²) in [5.74, 6) is -0.0441. The first-order valence-electron chi connectivity index (χ1n) is 8.78. The molecule has 138 valence electrons. The molecule has 1 aliphatic rings. The minimum absolute atomic E-state index is 0.0746. The van der Waals surface area contributed by atoms with Crippen molar-refractivity contribution in [2.75, 3.05) is 20.3 Å². The Morgan fingerprint density at radius 1 is 1.27 bits per heavy atom. The Morgan fingerprint density at radius 3 is 2.77 bits per heavy atom. The van der Waals surface area contributed by atoms with Crippen molar-refractivity contribution in [3.63, 3.8) is 0 Å². The number of morpholine rings is 1. The van der Waals surface area contributed by atoms with Gasteiger partial charge in [0.2, 0.25) is 0 Å². The van der Waals surface area contributed by atoms with Crippen molar-refractivity contribution >= 4 is 5.91 Å². The third-order valence-electron chi connectivity index (χ3n) is 4.92. The van der Waals surface area contributed by atoms with Gasteiger partial charge in [-0.15, -0.1) is 0 Å². The Hall–Kier alpha value is -2.53. The lowest BCUT2D eigenvalue weighted by Gasteiger charge is -2.39. The summed E-state index contributed by atoms with van der Waals surface area (Å²) in [7, 11) is 1.47. The van der Waals surface area contributed by atoms with Gasteiger partial charge in [-0.3, -0.25) is 4.79 Å². The molecule has 0 spiro atoms. The van der Waals surface area contributed by atoms with Crippen molar-refractivity contribution in [2.24, 2.45) is 0 Å². The van der Waals surface area contributed by atoms with Crippen LogP contribution in [0.4, 0.5) is 0 Å². The quantitative estimate of drug-likeness (QED) is 0.914. The molecule has 1 heterocycles. The molecule has 0 aromatic heterocycles.